The number of nitrogens with two attached hydrogens (primary N) is 1. The molecule has 0 radical (unpaired) electrons. The van der Waals surface area contributed by atoms with E-state index in [9.17, 15) is 18.4 Å². The highest BCUT2D eigenvalue weighted by Gasteiger charge is 2.67. The van der Waals surface area contributed by atoms with Gasteiger partial charge >= 0.3 is 5.97 Å². The predicted molar refractivity (Wildman–Crippen MR) is 57.4 cm³/mol. The highest BCUT2D eigenvalue weighted by molar-refractivity contribution is 6.06. The lowest BCUT2D eigenvalue weighted by molar-refractivity contribution is -0.151. The average molecular weight is 255 g/mol. The number of amides is 1. The zero-order valence-electron chi connectivity index (χ0n) is 9.57. The number of hydrogen-bond acceptors (Lipinski definition) is 3. The third kappa shape index (κ3) is 1.64. The second-order valence-electron chi connectivity index (χ2n) is 4.25. The summed E-state index contributed by atoms with van der Waals surface area (Å²) in [6.45, 7) is 0. The maximum atomic E-state index is 13.6. The lowest BCUT2D eigenvalue weighted by atomic mass is 9.98. The summed E-state index contributed by atoms with van der Waals surface area (Å²) in [7, 11) is 1.12. The summed E-state index contributed by atoms with van der Waals surface area (Å²) in [4.78, 5) is 22.9. The Morgan fingerprint density at radius 3 is 2.67 bits per heavy atom. The Morgan fingerprint density at radius 2 is 2.11 bits per heavy atom. The van der Waals surface area contributed by atoms with Crippen LogP contribution in [0.2, 0.25) is 0 Å². The van der Waals surface area contributed by atoms with E-state index >= 15 is 0 Å². The molecule has 2 unspecified atom stereocenters. The molecule has 1 aromatic rings. The summed E-state index contributed by atoms with van der Waals surface area (Å²) in [6, 6.07) is 2.88. The highest BCUT2D eigenvalue weighted by Crippen LogP contribution is 2.60. The maximum absolute atomic E-state index is 13.6. The van der Waals surface area contributed by atoms with Crippen molar-refractivity contribution in [1.29, 1.82) is 0 Å². The van der Waals surface area contributed by atoms with Crippen LogP contribution in [-0.4, -0.2) is 19.0 Å². The van der Waals surface area contributed by atoms with Crippen LogP contribution in [0.4, 0.5) is 8.78 Å². The minimum absolute atomic E-state index is 0.0285. The molecule has 96 valence electrons. The third-order valence-electron chi connectivity index (χ3n) is 3.28. The standard InChI is InChI=1S/C12H11F2NO3/c1-18-11(17)12(10(15)16)5-8(12)7-4-6(13)2-3-9(7)14/h2-4,8H,5H2,1H3,(H2,15,16). The Bertz CT molecular complexity index is 532. The van der Waals surface area contributed by atoms with Crippen molar-refractivity contribution in [2.45, 2.75) is 12.3 Å². The SMILES string of the molecule is COC(=O)C1(C(N)=O)CC1c1cc(F)ccc1F. The van der Waals surface area contributed by atoms with Gasteiger partial charge in [0.15, 0.2) is 5.41 Å². The normalized spacial score (nSPS) is 25.6. The maximum Gasteiger partial charge on any atom is 0.322 e. The molecule has 1 aromatic carbocycles. The molecule has 18 heavy (non-hydrogen) atoms. The summed E-state index contributed by atoms with van der Waals surface area (Å²) in [5.74, 6) is -3.78. The third-order valence-corrected chi connectivity index (χ3v) is 3.28. The Hall–Kier alpha value is -1.98. The monoisotopic (exact) mass is 255 g/mol. The quantitative estimate of drug-likeness (QED) is 0.649. The fourth-order valence-corrected chi connectivity index (χ4v) is 2.20. The van der Waals surface area contributed by atoms with Crippen molar-refractivity contribution in [2.75, 3.05) is 7.11 Å². The van der Waals surface area contributed by atoms with Gasteiger partial charge in [-0.1, -0.05) is 0 Å². The van der Waals surface area contributed by atoms with Gasteiger partial charge in [-0.15, -0.1) is 0 Å². The molecule has 4 nitrogen and oxygen atoms in total. The van der Waals surface area contributed by atoms with Gasteiger partial charge in [0.2, 0.25) is 5.91 Å². The Morgan fingerprint density at radius 1 is 1.44 bits per heavy atom. The molecule has 1 amide bonds. The van der Waals surface area contributed by atoms with Crippen LogP contribution in [-0.2, 0) is 14.3 Å². The van der Waals surface area contributed by atoms with Crippen molar-refractivity contribution in [3.63, 3.8) is 0 Å². The first-order valence-electron chi connectivity index (χ1n) is 5.26. The van der Waals surface area contributed by atoms with E-state index in [1.807, 2.05) is 0 Å². The zero-order chi connectivity index (χ0) is 13.5. The van der Waals surface area contributed by atoms with Gasteiger partial charge in [-0.2, -0.15) is 0 Å². The molecule has 0 aliphatic heterocycles. The largest absolute Gasteiger partial charge is 0.468 e. The van der Waals surface area contributed by atoms with E-state index < -0.39 is 34.8 Å². The van der Waals surface area contributed by atoms with Gasteiger partial charge in [0.25, 0.3) is 0 Å². The number of esters is 1. The van der Waals surface area contributed by atoms with Crippen molar-refractivity contribution in [2.24, 2.45) is 11.1 Å². The number of carbonyl (C=O) groups is 2. The van der Waals surface area contributed by atoms with Gasteiger partial charge in [0.1, 0.15) is 11.6 Å². The van der Waals surface area contributed by atoms with Crippen molar-refractivity contribution < 1.29 is 23.1 Å². The van der Waals surface area contributed by atoms with Crippen LogP contribution in [0, 0.1) is 17.0 Å². The van der Waals surface area contributed by atoms with Crippen LogP contribution in [0.25, 0.3) is 0 Å². The second kappa shape index (κ2) is 4.04. The van der Waals surface area contributed by atoms with E-state index in [4.69, 9.17) is 5.73 Å². The van der Waals surface area contributed by atoms with Crippen LogP contribution in [0.1, 0.15) is 17.9 Å². The van der Waals surface area contributed by atoms with Gasteiger partial charge in [0.05, 0.1) is 7.11 Å². The molecule has 2 N–H and O–H groups in total. The average Bonchev–Trinajstić information content (AvgIpc) is 3.08. The lowest BCUT2D eigenvalue weighted by Crippen LogP contribution is -2.34. The summed E-state index contributed by atoms with van der Waals surface area (Å²) in [5.41, 5.74) is 3.57. The number of methoxy groups -OCH3 is 1. The molecule has 1 saturated carbocycles. The van der Waals surface area contributed by atoms with Crippen LogP contribution in [0.3, 0.4) is 0 Å². The van der Waals surface area contributed by atoms with E-state index in [-0.39, 0.29) is 12.0 Å². The molecule has 1 fully saturated rings. The molecule has 0 saturated heterocycles. The molecule has 0 heterocycles. The molecule has 2 atom stereocenters. The number of rotatable bonds is 3. The first kappa shape index (κ1) is 12.5. The van der Waals surface area contributed by atoms with Gasteiger partial charge in [-0.25, -0.2) is 8.78 Å². The Kier molecular flexibility index (Phi) is 2.80. The minimum atomic E-state index is -1.57. The smallest absolute Gasteiger partial charge is 0.322 e. The Labute approximate surface area is 102 Å². The van der Waals surface area contributed by atoms with E-state index in [0.717, 1.165) is 25.3 Å². The van der Waals surface area contributed by atoms with Gasteiger partial charge in [0, 0.05) is 5.92 Å². The number of ether oxygens (including phenoxy) is 1. The number of primary amides is 1. The number of halogens is 2. The highest BCUT2D eigenvalue weighted by atomic mass is 19.1. The number of benzene rings is 1. The van der Waals surface area contributed by atoms with E-state index in [0.29, 0.717) is 0 Å². The van der Waals surface area contributed by atoms with Gasteiger partial charge in [-0.3, -0.25) is 9.59 Å². The first-order chi connectivity index (χ1) is 8.43. The molecule has 1 aliphatic rings. The van der Waals surface area contributed by atoms with E-state index in [2.05, 4.69) is 4.74 Å². The van der Waals surface area contributed by atoms with E-state index in [1.165, 1.54) is 0 Å². The van der Waals surface area contributed by atoms with Crippen LogP contribution in [0.5, 0.6) is 0 Å². The molecular weight excluding hydrogens is 244 g/mol. The molecule has 6 heteroatoms. The minimum Gasteiger partial charge on any atom is -0.468 e. The number of hydrogen-bond donors (Lipinski definition) is 1. The first-order valence-corrected chi connectivity index (χ1v) is 5.26. The lowest BCUT2D eigenvalue weighted by Gasteiger charge is -2.11. The summed E-state index contributed by atoms with van der Waals surface area (Å²) < 4.78 is 31.1. The van der Waals surface area contributed by atoms with Crippen LogP contribution < -0.4 is 5.73 Å². The molecule has 0 aromatic heterocycles. The van der Waals surface area contributed by atoms with Crippen LogP contribution >= 0.6 is 0 Å². The van der Waals surface area contributed by atoms with Crippen molar-refractivity contribution in [3.8, 4) is 0 Å². The number of carbonyl (C=O) groups excluding carboxylic acids is 2. The summed E-state index contributed by atoms with van der Waals surface area (Å²) >= 11 is 0. The molecular formula is C12H11F2NO3. The van der Waals surface area contributed by atoms with Crippen molar-refractivity contribution in [3.05, 3.63) is 35.4 Å². The fourth-order valence-electron chi connectivity index (χ4n) is 2.20. The molecule has 1 aliphatic carbocycles. The molecule has 0 spiro atoms. The summed E-state index contributed by atoms with van der Waals surface area (Å²) in [5, 5.41) is 0. The molecule has 2 rings (SSSR count). The van der Waals surface area contributed by atoms with E-state index in [1.54, 1.807) is 0 Å². The fraction of sp³-hybridized carbons (Fsp3) is 0.333. The van der Waals surface area contributed by atoms with Gasteiger partial charge in [-0.05, 0) is 30.2 Å². The predicted octanol–water partition coefficient (Wildman–Crippen LogP) is 1.10. The van der Waals surface area contributed by atoms with Crippen LogP contribution in [0.15, 0.2) is 18.2 Å². The second-order valence-corrected chi connectivity index (χ2v) is 4.25. The van der Waals surface area contributed by atoms with Crippen molar-refractivity contribution >= 4 is 11.9 Å². The summed E-state index contributed by atoms with van der Waals surface area (Å²) in [6.07, 6.45) is 0.0371. The van der Waals surface area contributed by atoms with Crippen molar-refractivity contribution in [1.82, 2.24) is 0 Å². The van der Waals surface area contributed by atoms with Gasteiger partial charge < -0.3 is 10.5 Å². The zero-order valence-corrected chi connectivity index (χ0v) is 9.57. The topological polar surface area (TPSA) is 69.4 Å². The Balaban J connectivity index is 2.40. The molecule has 0 bridgehead atoms.